The Labute approximate surface area is 158 Å². The molecule has 1 atom stereocenters. The van der Waals surface area contributed by atoms with E-state index in [0.717, 1.165) is 10.5 Å². The first-order valence-corrected chi connectivity index (χ1v) is 8.97. The summed E-state index contributed by atoms with van der Waals surface area (Å²) in [6.07, 6.45) is 0. The number of rotatable bonds is 0. The quantitative estimate of drug-likeness (QED) is 0.667. The van der Waals surface area contributed by atoms with Crippen molar-refractivity contribution in [2.75, 3.05) is 7.05 Å². The van der Waals surface area contributed by atoms with Gasteiger partial charge in [-0.2, -0.15) is 0 Å². The molecule has 1 unspecified atom stereocenters. The maximum atomic E-state index is 13.5. The fraction of sp³-hybridized carbons (Fsp3) is 0.318. The van der Waals surface area contributed by atoms with Crippen molar-refractivity contribution in [1.29, 1.82) is 0 Å². The molecule has 2 aromatic carbocycles. The van der Waals surface area contributed by atoms with Crippen molar-refractivity contribution in [1.82, 2.24) is 4.90 Å². The van der Waals surface area contributed by atoms with E-state index in [1.54, 1.807) is 18.2 Å². The zero-order valence-corrected chi connectivity index (χ0v) is 16.2. The lowest BCUT2D eigenvalue weighted by Crippen LogP contribution is -2.57. The molecule has 5 heteroatoms. The van der Waals surface area contributed by atoms with E-state index in [4.69, 9.17) is 9.73 Å². The predicted octanol–water partition coefficient (Wildman–Crippen LogP) is 3.96. The van der Waals surface area contributed by atoms with Crippen LogP contribution in [0.25, 0.3) is 0 Å². The molecule has 5 nitrogen and oxygen atoms in total. The predicted molar refractivity (Wildman–Crippen MR) is 103 cm³/mol. The van der Waals surface area contributed by atoms with Crippen LogP contribution in [-0.4, -0.2) is 29.7 Å². The van der Waals surface area contributed by atoms with Crippen LogP contribution in [0.3, 0.4) is 0 Å². The number of ether oxygens (including phenoxy) is 1. The molecule has 0 fully saturated rings. The van der Waals surface area contributed by atoms with E-state index in [0.29, 0.717) is 28.3 Å². The molecule has 27 heavy (non-hydrogen) atoms. The van der Waals surface area contributed by atoms with Crippen LogP contribution in [-0.2, 0) is 15.1 Å². The molecule has 0 saturated heterocycles. The minimum absolute atomic E-state index is 0.321. The average molecular weight is 362 g/mol. The van der Waals surface area contributed by atoms with E-state index in [1.165, 1.54) is 7.05 Å². The Morgan fingerprint density at radius 3 is 2.44 bits per heavy atom. The molecule has 2 aromatic rings. The highest BCUT2D eigenvalue weighted by molar-refractivity contribution is 6.15. The van der Waals surface area contributed by atoms with Gasteiger partial charge in [0.2, 0.25) is 5.60 Å². The van der Waals surface area contributed by atoms with Crippen molar-refractivity contribution in [2.45, 2.75) is 33.3 Å². The van der Waals surface area contributed by atoms with E-state index in [2.05, 4.69) is 0 Å². The lowest BCUT2D eigenvalue weighted by molar-refractivity contribution is -0.144. The summed E-state index contributed by atoms with van der Waals surface area (Å²) >= 11 is 0. The number of likely N-dealkylation sites (N-methyl/N-ethyl adjacent to an activating group) is 1. The van der Waals surface area contributed by atoms with E-state index >= 15 is 0 Å². The van der Waals surface area contributed by atoms with Crippen LogP contribution in [0.2, 0.25) is 0 Å². The molecule has 2 heterocycles. The molecule has 0 aromatic heterocycles. The maximum absolute atomic E-state index is 13.5. The third-order valence-corrected chi connectivity index (χ3v) is 5.09. The molecule has 0 bridgehead atoms. The summed E-state index contributed by atoms with van der Waals surface area (Å²) in [5.74, 6) is -0.238. The lowest BCUT2D eigenvalue weighted by Gasteiger charge is -2.44. The fourth-order valence-electron chi connectivity index (χ4n) is 3.64. The van der Waals surface area contributed by atoms with E-state index < -0.39 is 16.9 Å². The first-order chi connectivity index (χ1) is 12.7. The third-order valence-electron chi connectivity index (χ3n) is 5.09. The highest BCUT2D eigenvalue weighted by atomic mass is 16.5. The Hall–Kier alpha value is -2.95. The van der Waals surface area contributed by atoms with Crippen molar-refractivity contribution in [3.8, 4) is 0 Å². The van der Waals surface area contributed by atoms with Gasteiger partial charge in [0, 0.05) is 29.2 Å². The van der Waals surface area contributed by atoms with Crippen molar-refractivity contribution in [3.05, 3.63) is 64.7 Å². The molecule has 0 saturated carbocycles. The molecule has 0 N–H and O–H groups in total. The number of carbonyl (C=O) groups excluding carboxylic acids is 2. The highest BCUT2D eigenvalue weighted by Gasteiger charge is 2.57. The summed E-state index contributed by atoms with van der Waals surface area (Å²) in [4.78, 5) is 32.1. The van der Waals surface area contributed by atoms with Gasteiger partial charge in [-0.15, -0.1) is 0 Å². The Morgan fingerprint density at radius 1 is 1.04 bits per heavy atom. The molecule has 138 valence electrons. The van der Waals surface area contributed by atoms with Crippen LogP contribution < -0.4 is 0 Å². The van der Waals surface area contributed by atoms with Gasteiger partial charge in [-0.1, -0.05) is 50.6 Å². The average Bonchev–Trinajstić information content (AvgIpc) is 2.63. The summed E-state index contributed by atoms with van der Waals surface area (Å²) in [6, 6.07) is 13.0. The molecular weight excluding hydrogens is 340 g/mol. The monoisotopic (exact) mass is 362 g/mol. The van der Waals surface area contributed by atoms with Crippen LogP contribution in [0.5, 0.6) is 0 Å². The summed E-state index contributed by atoms with van der Waals surface area (Å²) in [5, 5.41) is 0. The fourth-order valence-corrected chi connectivity index (χ4v) is 3.64. The van der Waals surface area contributed by atoms with Gasteiger partial charge in [0.1, 0.15) is 0 Å². The van der Waals surface area contributed by atoms with Crippen LogP contribution in [0.15, 0.2) is 47.5 Å². The van der Waals surface area contributed by atoms with E-state index in [-0.39, 0.29) is 5.91 Å². The van der Waals surface area contributed by atoms with Crippen molar-refractivity contribution in [2.24, 2.45) is 10.4 Å². The smallest absolute Gasteiger partial charge is 0.283 e. The number of nitrogens with zero attached hydrogens (tertiary/aromatic N) is 2. The summed E-state index contributed by atoms with van der Waals surface area (Å²) < 4.78 is 6.42. The van der Waals surface area contributed by atoms with Gasteiger partial charge in [0.15, 0.2) is 5.90 Å². The topological polar surface area (TPSA) is 59.0 Å². The van der Waals surface area contributed by atoms with Crippen molar-refractivity contribution < 1.29 is 14.3 Å². The van der Waals surface area contributed by atoms with Gasteiger partial charge in [0.05, 0.1) is 5.69 Å². The Morgan fingerprint density at radius 2 is 1.74 bits per heavy atom. The Balaban J connectivity index is 2.12. The number of aryl methyl sites for hydroxylation is 1. The number of hydrogen-bond donors (Lipinski definition) is 0. The minimum atomic E-state index is -1.41. The second kappa shape index (κ2) is 5.52. The molecule has 2 aliphatic heterocycles. The zero-order chi connectivity index (χ0) is 19.6. The van der Waals surface area contributed by atoms with Gasteiger partial charge < -0.3 is 4.74 Å². The molecule has 1 spiro atoms. The molecule has 2 amide bonds. The van der Waals surface area contributed by atoms with Gasteiger partial charge >= 0.3 is 0 Å². The van der Waals surface area contributed by atoms with Crippen LogP contribution >= 0.6 is 0 Å². The standard InChI is InChI=1S/C22H22N2O3/c1-13-10-11-17-16(12-13)22(27-19(23-17)21(2,3)4)15-9-7-6-8-14(15)18(25)24(5)20(22)26/h6-12H,1-5H3. The second-order valence-corrected chi connectivity index (χ2v) is 8.19. The number of benzene rings is 2. The number of fused-ring (bicyclic) bond motifs is 4. The molecule has 0 radical (unpaired) electrons. The van der Waals surface area contributed by atoms with Gasteiger partial charge in [0.25, 0.3) is 11.8 Å². The Bertz CT molecular complexity index is 1020. The molecule has 0 aliphatic carbocycles. The minimum Gasteiger partial charge on any atom is -0.454 e. The molecular formula is C22H22N2O3. The number of aliphatic imine (C=N–C) groups is 1. The first kappa shape index (κ1) is 17.5. The zero-order valence-electron chi connectivity index (χ0n) is 16.2. The molecule has 2 aliphatic rings. The van der Waals surface area contributed by atoms with E-state index in [9.17, 15) is 9.59 Å². The largest absolute Gasteiger partial charge is 0.454 e. The first-order valence-electron chi connectivity index (χ1n) is 8.97. The number of carbonyl (C=O) groups is 2. The molecule has 4 rings (SSSR count). The Kier molecular flexibility index (Phi) is 3.57. The third kappa shape index (κ3) is 2.34. The van der Waals surface area contributed by atoms with Crippen LogP contribution in [0.1, 0.15) is 47.8 Å². The van der Waals surface area contributed by atoms with Crippen molar-refractivity contribution >= 4 is 23.4 Å². The lowest BCUT2D eigenvalue weighted by atomic mass is 9.77. The van der Waals surface area contributed by atoms with Gasteiger partial charge in [-0.3, -0.25) is 14.5 Å². The van der Waals surface area contributed by atoms with Crippen molar-refractivity contribution in [3.63, 3.8) is 0 Å². The second-order valence-electron chi connectivity index (χ2n) is 8.19. The van der Waals surface area contributed by atoms with Gasteiger partial charge in [-0.05, 0) is 25.1 Å². The van der Waals surface area contributed by atoms with Crippen LogP contribution in [0, 0.1) is 12.3 Å². The summed E-state index contributed by atoms with van der Waals surface area (Å²) in [7, 11) is 1.50. The summed E-state index contributed by atoms with van der Waals surface area (Å²) in [6.45, 7) is 7.94. The summed E-state index contributed by atoms with van der Waals surface area (Å²) in [5.41, 5.74) is 1.60. The van der Waals surface area contributed by atoms with E-state index in [1.807, 2.05) is 52.0 Å². The maximum Gasteiger partial charge on any atom is 0.283 e. The SMILES string of the molecule is Cc1ccc2c(c1)C1(OC(C(C)(C)C)=N2)C(=O)N(C)C(=O)c2ccccc21. The van der Waals surface area contributed by atoms with Crippen LogP contribution in [0.4, 0.5) is 5.69 Å². The number of amides is 2. The normalized spacial score (nSPS) is 21.5. The highest BCUT2D eigenvalue weighted by Crippen LogP contribution is 2.49. The number of imide groups is 1. The van der Waals surface area contributed by atoms with Gasteiger partial charge in [-0.25, -0.2) is 4.99 Å². The number of hydrogen-bond acceptors (Lipinski definition) is 4.